The number of anilines is 7. The minimum Gasteiger partial charge on any atom is -0.395 e. The third kappa shape index (κ3) is 13.7. The summed E-state index contributed by atoms with van der Waals surface area (Å²) in [6.07, 6.45) is 0. The molecule has 0 aliphatic carbocycles. The van der Waals surface area contributed by atoms with Crippen LogP contribution >= 0.6 is 23.3 Å². The maximum atomic E-state index is 12.3. The van der Waals surface area contributed by atoms with Gasteiger partial charge in [0, 0.05) is 38.3 Å². The van der Waals surface area contributed by atoms with Crippen LogP contribution < -0.4 is 26.8 Å². The molecule has 86 heavy (non-hydrogen) atoms. The van der Waals surface area contributed by atoms with E-state index in [1.54, 1.807) is 43.3 Å². The van der Waals surface area contributed by atoms with Gasteiger partial charge in [-0.1, -0.05) is 59.9 Å². The molecule has 2 heterocycles. The molecule has 0 bridgehead atoms. The van der Waals surface area contributed by atoms with Gasteiger partial charge in [-0.25, -0.2) is 4.98 Å². The number of rotatable bonds is 15. The van der Waals surface area contributed by atoms with Crippen molar-refractivity contribution in [3.63, 3.8) is 0 Å². The highest BCUT2D eigenvalue weighted by Gasteiger charge is 2.26. The summed E-state index contributed by atoms with van der Waals surface area (Å²) in [6, 6.07) is 42.2. The van der Waals surface area contributed by atoms with Crippen LogP contribution in [0.2, 0.25) is 0 Å². The molecule has 12 N–H and O–H groups in total. The Hall–Kier alpha value is -9.13. The number of nitriles is 2. The Morgan fingerprint density at radius 2 is 1.05 bits per heavy atom. The van der Waals surface area contributed by atoms with Crippen molar-refractivity contribution >= 4 is 156 Å². The van der Waals surface area contributed by atoms with Crippen LogP contribution in [0.25, 0.3) is 43.4 Å². The lowest BCUT2D eigenvalue weighted by atomic mass is 10.00. The standard InChI is InChI=1S/C35H23N5O9S5.C19H17N5O6S2/c36-18-30-33(23-6-5-19-3-1-2-4-20(19)11-23)35(50-34(30)37)39-38-24-9-7-22-13-26(10-8-21(22)12-24)51-40-25-14-28-29(31(15-25)53(44,45)46)16-27(52(41,42)43)17-32(28)54(47,48)49;1-11-16(10-20)18(22-12-2-6-14(7-3-12)31(25,26)27)24-19(17(11)21)23-13-4-8-15(9-5-13)32(28,29)30/h1-17,40H,37H2,(H,41,42,43)(H,44,45,46)(H,47,48,49);2-9H,21H2,1H3,(H2,22,23,24)(H,25,26,27)(H,28,29,30). The minimum absolute atomic E-state index is 0.0303. The molecule has 0 aliphatic rings. The number of hydrogen-bond acceptors (Lipinski definition) is 22. The molecule has 0 amide bonds. The first kappa shape index (κ1) is 61.4. The summed E-state index contributed by atoms with van der Waals surface area (Å²) in [5, 5.41) is 37.6. The summed E-state index contributed by atoms with van der Waals surface area (Å²) >= 11 is 2.16. The van der Waals surface area contributed by atoms with Crippen molar-refractivity contribution < 1.29 is 64.9 Å². The number of pyridine rings is 1. The van der Waals surface area contributed by atoms with Crippen molar-refractivity contribution in [1.82, 2.24) is 4.98 Å². The number of nitrogens with two attached hydrogens (primary N) is 2. The van der Waals surface area contributed by atoms with Crippen LogP contribution in [0.3, 0.4) is 0 Å². The third-order valence-electron chi connectivity index (χ3n) is 12.7. The molecule has 0 unspecified atom stereocenters. The lowest BCUT2D eigenvalue weighted by molar-refractivity contribution is 0.478. The van der Waals surface area contributed by atoms with Gasteiger partial charge in [0.2, 0.25) is 0 Å². The zero-order valence-electron chi connectivity index (χ0n) is 43.5. The van der Waals surface area contributed by atoms with Crippen LogP contribution in [-0.2, 0) is 50.6 Å². The highest BCUT2D eigenvalue weighted by molar-refractivity contribution is 8.00. The molecule has 2 aromatic heterocycles. The van der Waals surface area contributed by atoms with Gasteiger partial charge in [0.1, 0.15) is 31.9 Å². The molecule has 0 saturated heterocycles. The molecule has 8 aromatic carbocycles. The molecule has 0 fully saturated rings. The predicted molar refractivity (Wildman–Crippen MR) is 325 cm³/mol. The smallest absolute Gasteiger partial charge is 0.295 e. The van der Waals surface area contributed by atoms with Gasteiger partial charge in [-0.3, -0.25) is 22.8 Å². The molecular formula is C54H40N10O15S7. The average Bonchev–Trinajstić information content (AvgIpc) is 1.03. The van der Waals surface area contributed by atoms with Gasteiger partial charge in [-0.15, -0.1) is 10.2 Å². The molecule has 0 saturated carbocycles. The lowest BCUT2D eigenvalue weighted by Gasteiger charge is -2.16. The number of thiophene rings is 1. The van der Waals surface area contributed by atoms with Gasteiger partial charge in [0.05, 0.1) is 37.2 Å². The van der Waals surface area contributed by atoms with E-state index in [9.17, 15) is 66.3 Å². The molecule has 0 radical (unpaired) electrons. The first-order valence-corrected chi connectivity index (χ1v) is 32.9. The number of aromatic nitrogens is 1. The molecule has 32 heteroatoms. The summed E-state index contributed by atoms with van der Waals surface area (Å²) in [6.45, 7) is 1.62. The molecule has 0 atom stereocenters. The normalized spacial score (nSPS) is 12.1. The summed E-state index contributed by atoms with van der Waals surface area (Å²) in [7, 11) is -24.0. The molecule has 0 aliphatic heterocycles. The lowest BCUT2D eigenvalue weighted by Crippen LogP contribution is -2.08. The van der Waals surface area contributed by atoms with Gasteiger partial charge in [-0.05, 0) is 155 Å². The maximum Gasteiger partial charge on any atom is 0.295 e. The molecule has 0 spiro atoms. The van der Waals surface area contributed by atoms with Crippen molar-refractivity contribution in [2.24, 2.45) is 10.2 Å². The Morgan fingerprint density at radius 1 is 0.523 bits per heavy atom. The number of azo groups is 1. The second kappa shape index (κ2) is 23.7. The highest BCUT2D eigenvalue weighted by atomic mass is 32.2. The predicted octanol–water partition coefficient (Wildman–Crippen LogP) is 11.4. The van der Waals surface area contributed by atoms with Crippen molar-refractivity contribution in [3.05, 3.63) is 168 Å². The zero-order chi connectivity index (χ0) is 62.3. The van der Waals surface area contributed by atoms with Crippen LogP contribution in [0.5, 0.6) is 0 Å². The maximum absolute atomic E-state index is 12.3. The van der Waals surface area contributed by atoms with E-state index in [4.69, 9.17) is 20.6 Å². The summed E-state index contributed by atoms with van der Waals surface area (Å²) < 4.78 is 168. The van der Waals surface area contributed by atoms with E-state index >= 15 is 0 Å². The Morgan fingerprint density at radius 3 is 1.63 bits per heavy atom. The van der Waals surface area contributed by atoms with Crippen LogP contribution in [-0.4, -0.2) is 69.8 Å². The molecule has 10 aromatic rings. The fourth-order valence-corrected chi connectivity index (χ4v) is 13.1. The minimum atomic E-state index is -5.15. The number of nitrogens with zero attached hydrogens (tertiary/aromatic N) is 5. The highest BCUT2D eigenvalue weighted by Crippen LogP contribution is 2.46. The summed E-state index contributed by atoms with van der Waals surface area (Å²) in [4.78, 5) is 1.48. The number of nitrogen functional groups attached to an aromatic ring is 2. The van der Waals surface area contributed by atoms with E-state index in [0.29, 0.717) is 60.8 Å². The number of nitrogens with one attached hydrogen (secondary N) is 3. The summed E-state index contributed by atoms with van der Waals surface area (Å²) in [5.41, 5.74) is 16.1. The monoisotopic (exact) mass is 1290 g/mol. The largest absolute Gasteiger partial charge is 0.395 e. The first-order chi connectivity index (χ1) is 40.4. The Balaban J connectivity index is 0.000000235. The number of benzene rings is 8. The van der Waals surface area contributed by atoms with E-state index in [-0.39, 0.29) is 38.4 Å². The topological polar surface area (TPSA) is 445 Å². The van der Waals surface area contributed by atoms with Gasteiger partial charge in [-0.2, -0.15) is 52.6 Å². The van der Waals surface area contributed by atoms with Crippen LogP contribution in [0.4, 0.5) is 50.1 Å². The Bertz CT molecular complexity index is 5160. The van der Waals surface area contributed by atoms with Crippen LogP contribution in [0.1, 0.15) is 16.7 Å². The van der Waals surface area contributed by atoms with Crippen LogP contribution in [0, 0.1) is 29.6 Å². The molecule has 10 rings (SSSR count). The van der Waals surface area contributed by atoms with E-state index in [2.05, 4.69) is 36.6 Å². The van der Waals surface area contributed by atoms with E-state index < -0.39 is 76.0 Å². The van der Waals surface area contributed by atoms with E-state index in [0.717, 1.165) is 62.5 Å². The van der Waals surface area contributed by atoms with Crippen molar-refractivity contribution in [1.29, 1.82) is 10.5 Å². The number of hydrogen-bond donors (Lipinski definition) is 10. The van der Waals surface area contributed by atoms with Gasteiger partial charge >= 0.3 is 0 Å². The average molecular weight is 1290 g/mol. The van der Waals surface area contributed by atoms with Crippen molar-refractivity contribution in [2.45, 2.75) is 36.3 Å². The second-order valence-electron chi connectivity index (χ2n) is 18.3. The van der Waals surface area contributed by atoms with E-state index in [1.165, 1.54) is 48.5 Å². The molecular weight excluding hydrogens is 1250 g/mol. The first-order valence-electron chi connectivity index (χ1n) is 24.0. The van der Waals surface area contributed by atoms with Gasteiger partial charge < -0.3 is 26.8 Å². The SMILES string of the molecule is Cc1c(N)c(Nc2ccc(S(=O)(=O)O)cc2)nc(Nc2ccc(S(=O)(=O)O)cc2)c1C#N.N#Cc1c(N)sc(N=Nc2ccc3cc(SNc4cc(S(=O)(=O)O)c5cc(S(=O)(=O)O)cc(S(=O)(=O)O)c5c4)ccc3c2)c1-c1ccc2ccccc2c1. The third-order valence-corrected chi connectivity index (χ3v) is 18.7. The Kier molecular flexibility index (Phi) is 17.0. The van der Waals surface area contributed by atoms with Crippen molar-refractivity contribution in [3.8, 4) is 23.3 Å². The fourth-order valence-electron chi connectivity index (χ4n) is 8.53. The van der Waals surface area contributed by atoms with E-state index in [1.807, 2.05) is 48.5 Å². The van der Waals surface area contributed by atoms with Gasteiger partial charge in [0.25, 0.3) is 50.6 Å². The van der Waals surface area contributed by atoms with Crippen LogP contribution in [0.15, 0.2) is 191 Å². The second-order valence-corrected chi connectivity index (χ2v) is 27.2. The van der Waals surface area contributed by atoms with Gasteiger partial charge in [0.15, 0.2) is 11.6 Å². The quantitative estimate of drug-likeness (QED) is 0.0259. The zero-order valence-corrected chi connectivity index (χ0v) is 49.2. The molecule has 25 nitrogen and oxygen atoms in total. The Labute approximate surface area is 498 Å². The molecule has 438 valence electrons. The van der Waals surface area contributed by atoms with Crippen molar-refractivity contribution in [2.75, 3.05) is 26.8 Å². The number of fused-ring (bicyclic) bond motifs is 3. The fraction of sp³-hybridized carbons (Fsp3) is 0.0185. The summed E-state index contributed by atoms with van der Waals surface area (Å²) in [5.74, 6) is 0.314.